The number of fused-ring (bicyclic) bond motifs is 1. The number of hydrogen-bond acceptors (Lipinski definition) is 5. The van der Waals surface area contributed by atoms with Gasteiger partial charge < -0.3 is 10.4 Å². The predicted molar refractivity (Wildman–Crippen MR) is 74.0 cm³/mol. The van der Waals surface area contributed by atoms with Crippen molar-refractivity contribution in [3.05, 3.63) is 23.3 Å². The van der Waals surface area contributed by atoms with E-state index in [4.69, 9.17) is 5.11 Å². The average Bonchev–Trinajstić information content (AvgIpc) is 2.83. The summed E-state index contributed by atoms with van der Waals surface area (Å²) in [5.74, 6) is -1.72. The molecule has 2 N–H and O–H groups in total. The van der Waals surface area contributed by atoms with Crippen LogP contribution in [-0.2, 0) is 4.79 Å². The topological polar surface area (TPSA) is 109 Å². The molecule has 0 spiro atoms. The number of carbonyl (C=O) groups excluding carboxylic acids is 1. The van der Waals surface area contributed by atoms with Crippen LogP contribution in [0.4, 0.5) is 0 Å². The van der Waals surface area contributed by atoms with Crippen LogP contribution < -0.4 is 5.32 Å². The molecule has 0 saturated carbocycles. The predicted octanol–water partition coefficient (Wildman–Crippen LogP) is 0.582. The quantitative estimate of drug-likeness (QED) is 0.834. The smallest absolute Gasteiger partial charge is 0.308 e. The molecule has 0 aliphatic heterocycles. The molecule has 0 radical (unpaired) electrons. The zero-order chi connectivity index (χ0) is 15.6. The third-order valence-corrected chi connectivity index (χ3v) is 3.17. The molecule has 0 fully saturated rings. The Morgan fingerprint density at radius 2 is 2.10 bits per heavy atom. The van der Waals surface area contributed by atoms with Gasteiger partial charge in [0, 0.05) is 17.9 Å². The van der Waals surface area contributed by atoms with Gasteiger partial charge in [0.2, 0.25) is 5.82 Å². The van der Waals surface area contributed by atoms with Crippen molar-refractivity contribution in [1.82, 2.24) is 24.9 Å². The Hall–Kier alpha value is -2.51. The number of carboxylic acids is 1. The first-order valence-corrected chi connectivity index (χ1v) is 6.64. The van der Waals surface area contributed by atoms with Gasteiger partial charge >= 0.3 is 5.97 Å². The van der Waals surface area contributed by atoms with E-state index in [1.165, 1.54) is 4.52 Å². The minimum Gasteiger partial charge on any atom is -0.481 e. The van der Waals surface area contributed by atoms with Crippen LogP contribution in [0.15, 0.2) is 6.07 Å². The number of aromatic nitrogens is 4. The van der Waals surface area contributed by atoms with Crippen molar-refractivity contribution in [3.8, 4) is 0 Å². The second-order valence-corrected chi connectivity index (χ2v) is 4.84. The number of carboxylic acid groups (broad SMARTS) is 1. The summed E-state index contributed by atoms with van der Waals surface area (Å²) in [6, 6.07) is 1.83. The average molecular weight is 291 g/mol. The van der Waals surface area contributed by atoms with Gasteiger partial charge in [-0.2, -0.15) is 4.98 Å². The van der Waals surface area contributed by atoms with Gasteiger partial charge in [0.15, 0.2) is 0 Å². The molecular weight excluding hydrogens is 274 g/mol. The fourth-order valence-electron chi connectivity index (χ4n) is 1.96. The van der Waals surface area contributed by atoms with Gasteiger partial charge in [-0.3, -0.25) is 9.59 Å². The number of nitrogens with one attached hydrogen (secondary N) is 1. The van der Waals surface area contributed by atoms with Crippen molar-refractivity contribution in [2.75, 3.05) is 6.54 Å². The maximum atomic E-state index is 12.0. The Balaban J connectivity index is 2.16. The van der Waals surface area contributed by atoms with Crippen molar-refractivity contribution in [1.29, 1.82) is 0 Å². The Kier molecular flexibility index (Phi) is 4.15. The van der Waals surface area contributed by atoms with E-state index in [0.29, 0.717) is 12.2 Å². The Labute approximate surface area is 121 Å². The molecule has 21 heavy (non-hydrogen) atoms. The maximum Gasteiger partial charge on any atom is 0.308 e. The highest BCUT2D eigenvalue weighted by Crippen LogP contribution is 2.06. The standard InChI is InChI=1S/C13H17N5O3/c1-4-9(12(20)21)6-14-11(19)10-16-13-15-7(2)5-8(3)18(13)17-10/h5,9H,4,6H2,1-3H3,(H,14,19)(H,20,21). The summed E-state index contributed by atoms with van der Waals surface area (Å²) in [6.45, 7) is 5.48. The van der Waals surface area contributed by atoms with E-state index in [2.05, 4.69) is 20.4 Å². The summed E-state index contributed by atoms with van der Waals surface area (Å²) in [5.41, 5.74) is 1.61. The van der Waals surface area contributed by atoms with Crippen LogP contribution in [-0.4, -0.2) is 43.1 Å². The van der Waals surface area contributed by atoms with Crippen molar-refractivity contribution >= 4 is 17.7 Å². The number of carbonyl (C=O) groups is 2. The second-order valence-electron chi connectivity index (χ2n) is 4.84. The van der Waals surface area contributed by atoms with E-state index < -0.39 is 17.8 Å². The Morgan fingerprint density at radius 1 is 1.38 bits per heavy atom. The number of hydrogen-bond donors (Lipinski definition) is 2. The van der Waals surface area contributed by atoms with Gasteiger partial charge in [0.1, 0.15) is 0 Å². The molecule has 1 unspecified atom stereocenters. The monoisotopic (exact) mass is 291 g/mol. The molecular formula is C13H17N5O3. The summed E-state index contributed by atoms with van der Waals surface area (Å²) < 4.78 is 1.48. The van der Waals surface area contributed by atoms with E-state index in [1.807, 2.05) is 19.9 Å². The first-order valence-electron chi connectivity index (χ1n) is 6.64. The van der Waals surface area contributed by atoms with Gasteiger partial charge in [-0.15, -0.1) is 5.10 Å². The van der Waals surface area contributed by atoms with Crippen molar-refractivity contribution in [2.45, 2.75) is 27.2 Å². The Morgan fingerprint density at radius 3 is 2.71 bits per heavy atom. The van der Waals surface area contributed by atoms with Crippen LogP contribution in [0.25, 0.3) is 5.78 Å². The van der Waals surface area contributed by atoms with Crippen LogP contribution in [0.1, 0.15) is 35.4 Å². The van der Waals surface area contributed by atoms with Crippen LogP contribution >= 0.6 is 0 Å². The molecule has 1 atom stereocenters. The third-order valence-electron chi connectivity index (χ3n) is 3.17. The molecule has 2 heterocycles. The summed E-state index contributed by atoms with van der Waals surface area (Å²) in [7, 11) is 0. The molecule has 0 aromatic carbocycles. The van der Waals surface area contributed by atoms with Gasteiger partial charge in [-0.25, -0.2) is 9.50 Å². The van der Waals surface area contributed by atoms with Gasteiger partial charge in [-0.1, -0.05) is 6.92 Å². The maximum absolute atomic E-state index is 12.0. The highest BCUT2D eigenvalue weighted by molar-refractivity contribution is 5.91. The van der Waals surface area contributed by atoms with Crippen LogP contribution in [0.2, 0.25) is 0 Å². The van der Waals surface area contributed by atoms with Gasteiger partial charge in [-0.05, 0) is 26.3 Å². The fraction of sp³-hybridized carbons (Fsp3) is 0.462. The molecule has 2 aromatic heterocycles. The van der Waals surface area contributed by atoms with Crippen molar-refractivity contribution in [3.63, 3.8) is 0 Å². The van der Waals surface area contributed by atoms with E-state index in [0.717, 1.165) is 11.4 Å². The largest absolute Gasteiger partial charge is 0.481 e. The third kappa shape index (κ3) is 3.15. The lowest BCUT2D eigenvalue weighted by Gasteiger charge is -2.09. The highest BCUT2D eigenvalue weighted by atomic mass is 16.4. The molecule has 112 valence electrons. The first-order chi connectivity index (χ1) is 9.92. The van der Waals surface area contributed by atoms with Crippen LogP contribution in [0.5, 0.6) is 0 Å². The fourth-order valence-corrected chi connectivity index (χ4v) is 1.96. The summed E-state index contributed by atoms with van der Waals surface area (Å²) in [5, 5.41) is 15.6. The van der Waals surface area contributed by atoms with E-state index >= 15 is 0 Å². The van der Waals surface area contributed by atoms with Gasteiger partial charge in [0.25, 0.3) is 11.7 Å². The summed E-state index contributed by atoms with van der Waals surface area (Å²) in [6.07, 6.45) is 0.439. The van der Waals surface area contributed by atoms with E-state index in [-0.39, 0.29) is 12.4 Å². The number of rotatable bonds is 5. The minimum absolute atomic E-state index is 0.0172. The molecule has 0 bridgehead atoms. The number of amides is 1. The van der Waals surface area contributed by atoms with E-state index in [9.17, 15) is 9.59 Å². The number of aryl methyl sites for hydroxylation is 2. The first kappa shape index (κ1) is 14.9. The van der Waals surface area contributed by atoms with Crippen LogP contribution in [0.3, 0.4) is 0 Å². The SMILES string of the molecule is CCC(CNC(=O)c1nc2nc(C)cc(C)n2n1)C(=O)O. The molecule has 0 aliphatic carbocycles. The molecule has 2 aromatic rings. The highest BCUT2D eigenvalue weighted by Gasteiger charge is 2.19. The summed E-state index contributed by atoms with van der Waals surface area (Å²) >= 11 is 0. The number of nitrogens with zero attached hydrogens (tertiary/aromatic N) is 4. The molecule has 1 amide bonds. The summed E-state index contributed by atoms with van der Waals surface area (Å²) in [4.78, 5) is 31.1. The molecule has 0 saturated heterocycles. The minimum atomic E-state index is -0.936. The molecule has 8 nitrogen and oxygen atoms in total. The lowest BCUT2D eigenvalue weighted by molar-refractivity contribution is -0.141. The van der Waals surface area contributed by atoms with Crippen molar-refractivity contribution in [2.24, 2.45) is 5.92 Å². The molecule has 0 aliphatic rings. The van der Waals surface area contributed by atoms with E-state index in [1.54, 1.807) is 6.92 Å². The molecule has 8 heteroatoms. The number of aliphatic carboxylic acids is 1. The zero-order valence-corrected chi connectivity index (χ0v) is 12.1. The van der Waals surface area contributed by atoms with Crippen molar-refractivity contribution < 1.29 is 14.7 Å². The van der Waals surface area contributed by atoms with Gasteiger partial charge in [0.05, 0.1) is 5.92 Å². The normalized spacial score (nSPS) is 12.3. The Bertz CT molecular complexity index is 694. The lowest BCUT2D eigenvalue weighted by Crippen LogP contribution is -2.33. The van der Waals surface area contributed by atoms with Crippen LogP contribution in [0, 0.1) is 19.8 Å². The zero-order valence-electron chi connectivity index (χ0n) is 12.1. The lowest BCUT2D eigenvalue weighted by atomic mass is 10.1. The molecule has 2 rings (SSSR count). The second kappa shape index (κ2) is 5.86.